The number of amides is 2. The number of fused-ring (bicyclic) bond motifs is 2. The van der Waals surface area contributed by atoms with Gasteiger partial charge in [0.15, 0.2) is 0 Å². The summed E-state index contributed by atoms with van der Waals surface area (Å²) in [5, 5.41) is 8.51. The maximum absolute atomic E-state index is 13.8. The molecule has 2 amide bonds. The predicted octanol–water partition coefficient (Wildman–Crippen LogP) is 10.6. The van der Waals surface area contributed by atoms with Gasteiger partial charge >= 0.3 is 0 Å². The average molecular weight is 761 g/mol. The number of ether oxygens (including phenoxy) is 2. The first-order valence-corrected chi connectivity index (χ1v) is 20.8. The fourth-order valence-electron chi connectivity index (χ4n) is 8.88. The normalized spacial score (nSPS) is 19.5. The molecule has 2 heterocycles. The van der Waals surface area contributed by atoms with Gasteiger partial charge < -0.3 is 20.1 Å². The standard InChI is InChI=1S/C49H52N4O4/c1-3-56-38-25-17-34(18-26-38)46-30-42(40-9-5-7-11-44(40)52-46)48(54)50-36-21-13-32(14-22-36)29-33-15-23-37(24-16-33)51-49(55)43-31-47(53-45-12-8-6-10-41(43)45)35-19-27-39(28-20-35)57-4-2/h5-12,17-20,25-28,30-33,36-37H,3-4,13-16,21-24,29H2,1-2H3,(H,50,54)(H,51,55). The lowest BCUT2D eigenvalue weighted by molar-refractivity contribution is 0.0919. The Morgan fingerprint density at radius 1 is 0.544 bits per heavy atom. The molecule has 2 aliphatic carbocycles. The van der Waals surface area contributed by atoms with E-state index in [1.807, 2.05) is 123 Å². The first kappa shape index (κ1) is 38.1. The van der Waals surface area contributed by atoms with Gasteiger partial charge in [0.25, 0.3) is 11.8 Å². The predicted molar refractivity (Wildman–Crippen MR) is 228 cm³/mol. The van der Waals surface area contributed by atoms with Gasteiger partial charge in [0.1, 0.15) is 11.5 Å². The molecule has 57 heavy (non-hydrogen) atoms. The largest absolute Gasteiger partial charge is 0.494 e. The van der Waals surface area contributed by atoms with Crippen LogP contribution in [-0.2, 0) is 0 Å². The van der Waals surface area contributed by atoms with Gasteiger partial charge in [0.2, 0.25) is 0 Å². The molecule has 8 nitrogen and oxygen atoms in total. The van der Waals surface area contributed by atoms with Crippen LogP contribution in [-0.4, -0.2) is 47.1 Å². The minimum atomic E-state index is -0.0308. The molecule has 0 unspecified atom stereocenters. The van der Waals surface area contributed by atoms with E-state index in [-0.39, 0.29) is 23.9 Å². The number of para-hydroxylation sites is 2. The summed E-state index contributed by atoms with van der Waals surface area (Å²) in [6, 6.07) is 35.7. The molecule has 0 aliphatic heterocycles. The van der Waals surface area contributed by atoms with Crippen molar-refractivity contribution < 1.29 is 19.1 Å². The van der Waals surface area contributed by atoms with Gasteiger partial charge in [-0.25, -0.2) is 9.97 Å². The van der Waals surface area contributed by atoms with Crippen molar-refractivity contribution in [2.75, 3.05) is 13.2 Å². The van der Waals surface area contributed by atoms with Gasteiger partial charge in [-0.3, -0.25) is 9.59 Å². The molecule has 4 aromatic carbocycles. The van der Waals surface area contributed by atoms with E-state index in [9.17, 15) is 9.59 Å². The highest BCUT2D eigenvalue weighted by Gasteiger charge is 2.29. The number of nitrogens with one attached hydrogen (secondary N) is 2. The molecule has 2 N–H and O–H groups in total. The minimum Gasteiger partial charge on any atom is -0.494 e. The number of carbonyl (C=O) groups is 2. The Morgan fingerprint density at radius 2 is 0.930 bits per heavy atom. The number of nitrogens with zero attached hydrogens (tertiary/aromatic N) is 2. The summed E-state index contributed by atoms with van der Waals surface area (Å²) in [5.74, 6) is 2.92. The zero-order valence-electron chi connectivity index (χ0n) is 33.0. The molecule has 2 saturated carbocycles. The summed E-state index contributed by atoms with van der Waals surface area (Å²) in [6.07, 6.45) is 9.71. The highest BCUT2D eigenvalue weighted by molar-refractivity contribution is 6.08. The molecule has 2 fully saturated rings. The van der Waals surface area contributed by atoms with Crippen LogP contribution in [0.25, 0.3) is 44.3 Å². The van der Waals surface area contributed by atoms with E-state index in [2.05, 4.69) is 10.6 Å². The number of hydrogen-bond acceptors (Lipinski definition) is 6. The van der Waals surface area contributed by atoms with Crippen molar-refractivity contribution in [3.05, 3.63) is 120 Å². The van der Waals surface area contributed by atoms with Crippen LogP contribution in [0.4, 0.5) is 0 Å². The average Bonchev–Trinajstić information content (AvgIpc) is 3.25. The minimum absolute atomic E-state index is 0.0308. The van der Waals surface area contributed by atoms with Gasteiger partial charge in [-0.1, -0.05) is 36.4 Å². The highest BCUT2D eigenvalue weighted by atomic mass is 16.5. The lowest BCUT2D eigenvalue weighted by Gasteiger charge is -2.34. The first-order valence-electron chi connectivity index (χ1n) is 20.8. The Morgan fingerprint density at radius 3 is 1.32 bits per heavy atom. The first-order chi connectivity index (χ1) is 27.9. The van der Waals surface area contributed by atoms with Crippen molar-refractivity contribution in [3.63, 3.8) is 0 Å². The lowest BCUT2D eigenvalue weighted by atomic mass is 9.75. The van der Waals surface area contributed by atoms with Crippen LogP contribution in [0.3, 0.4) is 0 Å². The van der Waals surface area contributed by atoms with Gasteiger partial charge in [-0.05, 0) is 156 Å². The van der Waals surface area contributed by atoms with E-state index in [0.717, 1.165) is 107 Å². The maximum Gasteiger partial charge on any atom is 0.252 e. The molecule has 292 valence electrons. The molecule has 0 bridgehead atoms. The van der Waals surface area contributed by atoms with Crippen molar-refractivity contribution in [1.29, 1.82) is 0 Å². The Hall–Kier alpha value is -5.76. The third kappa shape index (κ3) is 8.96. The van der Waals surface area contributed by atoms with E-state index in [1.165, 1.54) is 6.42 Å². The molecule has 8 rings (SSSR count). The summed E-state index contributed by atoms with van der Waals surface area (Å²) in [7, 11) is 0. The summed E-state index contributed by atoms with van der Waals surface area (Å²) in [4.78, 5) is 37.4. The summed E-state index contributed by atoms with van der Waals surface area (Å²) in [5.41, 5.74) is 6.42. The Balaban J connectivity index is 0.837. The quantitative estimate of drug-likeness (QED) is 0.129. The molecule has 8 heteroatoms. The molecule has 0 saturated heterocycles. The number of aromatic nitrogens is 2. The number of hydrogen-bond donors (Lipinski definition) is 2. The van der Waals surface area contributed by atoms with E-state index < -0.39 is 0 Å². The van der Waals surface area contributed by atoms with Crippen LogP contribution in [0.5, 0.6) is 11.5 Å². The van der Waals surface area contributed by atoms with Crippen LogP contribution in [0, 0.1) is 11.8 Å². The number of pyridine rings is 2. The molecular weight excluding hydrogens is 709 g/mol. The third-order valence-corrected chi connectivity index (χ3v) is 11.9. The van der Waals surface area contributed by atoms with Crippen molar-refractivity contribution in [3.8, 4) is 34.0 Å². The topological polar surface area (TPSA) is 102 Å². The van der Waals surface area contributed by atoms with Gasteiger partial charge in [0, 0.05) is 34.0 Å². The molecule has 0 atom stereocenters. The zero-order valence-corrected chi connectivity index (χ0v) is 33.0. The van der Waals surface area contributed by atoms with Crippen LogP contribution >= 0.6 is 0 Å². The second-order valence-corrected chi connectivity index (χ2v) is 15.7. The summed E-state index contributed by atoms with van der Waals surface area (Å²) >= 11 is 0. The van der Waals surface area contributed by atoms with Gasteiger partial charge in [0.05, 0.1) is 46.8 Å². The zero-order chi connectivity index (χ0) is 39.1. The van der Waals surface area contributed by atoms with Crippen LogP contribution < -0.4 is 20.1 Å². The fourth-order valence-corrected chi connectivity index (χ4v) is 8.88. The molecule has 2 aliphatic rings. The van der Waals surface area contributed by atoms with E-state index in [0.29, 0.717) is 36.2 Å². The molecule has 2 aromatic heterocycles. The Bertz CT molecular complexity index is 2160. The van der Waals surface area contributed by atoms with Gasteiger partial charge in [-0.15, -0.1) is 0 Å². The fraction of sp³-hybridized carbons (Fsp3) is 0.347. The SMILES string of the molecule is CCOc1ccc(-c2cc(C(=O)NC3CCC(CC4CCC(NC(=O)c5cc(-c6ccc(OCC)cc6)nc6ccccc56)CC4)CC3)c3ccccc3n2)cc1. The van der Waals surface area contributed by atoms with Crippen LogP contribution in [0.2, 0.25) is 0 Å². The smallest absolute Gasteiger partial charge is 0.252 e. The monoisotopic (exact) mass is 760 g/mol. The van der Waals surface area contributed by atoms with E-state index in [1.54, 1.807) is 0 Å². The van der Waals surface area contributed by atoms with Crippen LogP contribution in [0.1, 0.15) is 92.4 Å². The number of rotatable bonds is 12. The molecule has 0 radical (unpaired) electrons. The second kappa shape index (κ2) is 17.6. The Labute approximate surface area is 335 Å². The van der Waals surface area contributed by atoms with E-state index >= 15 is 0 Å². The van der Waals surface area contributed by atoms with Crippen molar-refractivity contribution >= 4 is 33.6 Å². The highest BCUT2D eigenvalue weighted by Crippen LogP contribution is 2.36. The molecule has 0 spiro atoms. The number of benzene rings is 4. The van der Waals surface area contributed by atoms with Crippen LogP contribution in [0.15, 0.2) is 109 Å². The lowest BCUT2D eigenvalue weighted by Crippen LogP contribution is -2.39. The maximum atomic E-state index is 13.8. The second-order valence-electron chi connectivity index (χ2n) is 15.7. The van der Waals surface area contributed by atoms with Crippen molar-refractivity contribution in [1.82, 2.24) is 20.6 Å². The van der Waals surface area contributed by atoms with Crippen molar-refractivity contribution in [2.24, 2.45) is 11.8 Å². The summed E-state index contributed by atoms with van der Waals surface area (Å²) in [6.45, 7) is 5.17. The number of carbonyl (C=O) groups excluding carboxylic acids is 2. The van der Waals surface area contributed by atoms with Gasteiger partial charge in [-0.2, -0.15) is 0 Å². The molecular formula is C49H52N4O4. The van der Waals surface area contributed by atoms with Crippen molar-refractivity contribution in [2.45, 2.75) is 83.7 Å². The Kier molecular flexibility index (Phi) is 11.8. The molecule has 6 aromatic rings. The van der Waals surface area contributed by atoms with E-state index in [4.69, 9.17) is 19.4 Å². The summed E-state index contributed by atoms with van der Waals surface area (Å²) < 4.78 is 11.2. The third-order valence-electron chi connectivity index (χ3n) is 11.9.